The summed E-state index contributed by atoms with van der Waals surface area (Å²) < 4.78 is 0. The molecule has 1 rings (SSSR count). The van der Waals surface area contributed by atoms with Gasteiger partial charge < -0.3 is 16.4 Å². The van der Waals surface area contributed by atoms with Gasteiger partial charge in [-0.3, -0.25) is 5.41 Å². The topological polar surface area (TPSA) is 73.9 Å². The first kappa shape index (κ1) is 15.6. The summed E-state index contributed by atoms with van der Waals surface area (Å²) in [6.07, 6.45) is 6.28. The number of rotatable bonds is 9. The van der Waals surface area contributed by atoms with Gasteiger partial charge in [0.1, 0.15) is 0 Å². The Balaban J connectivity index is 1.88. The van der Waals surface area contributed by atoms with E-state index in [0.717, 1.165) is 23.9 Å². The molecule has 1 atom stereocenters. The van der Waals surface area contributed by atoms with Crippen LogP contribution in [0.15, 0.2) is 12.3 Å². The molecule has 6 heteroatoms. The van der Waals surface area contributed by atoms with Crippen LogP contribution in [0.1, 0.15) is 32.1 Å². The van der Waals surface area contributed by atoms with Crippen LogP contribution in [-0.4, -0.2) is 30.1 Å². The van der Waals surface area contributed by atoms with Gasteiger partial charge in [0.05, 0.1) is 0 Å². The average Bonchev–Trinajstić information content (AvgIpc) is 2.83. The lowest BCUT2D eigenvalue weighted by Gasteiger charge is -2.11. The van der Waals surface area contributed by atoms with Crippen molar-refractivity contribution in [3.05, 3.63) is 12.3 Å². The second-order valence-electron chi connectivity index (χ2n) is 4.45. The number of guanidine groups is 1. The van der Waals surface area contributed by atoms with Crippen LogP contribution in [0.5, 0.6) is 0 Å². The Bertz CT molecular complexity index is 265. The van der Waals surface area contributed by atoms with Gasteiger partial charge in [-0.05, 0) is 25.7 Å². The van der Waals surface area contributed by atoms with Crippen LogP contribution in [0.25, 0.3) is 0 Å². The Kier molecular flexibility index (Phi) is 8.17. The molecule has 0 bridgehead atoms. The molecule has 0 aromatic carbocycles. The van der Waals surface area contributed by atoms with E-state index in [1.807, 2.05) is 10.8 Å². The number of allylic oxidation sites excluding steroid dienone is 1. The summed E-state index contributed by atoms with van der Waals surface area (Å²) >= 11 is 0. The molecule has 0 aromatic rings. The molecular formula is C12H24N4S2. The molecule has 1 aliphatic rings. The molecule has 1 unspecified atom stereocenters. The minimum Gasteiger partial charge on any atom is -0.387 e. The van der Waals surface area contributed by atoms with Crippen LogP contribution in [0.3, 0.4) is 0 Å². The molecule has 1 heterocycles. The van der Waals surface area contributed by atoms with Crippen LogP contribution < -0.4 is 16.4 Å². The van der Waals surface area contributed by atoms with E-state index in [9.17, 15) is 0 Å². The lowest BCUT2D eigenvalue weighted by atomic mass is 10.1. The first-order valence-electron chi connectivity index (χ1n) is 6.46. The maximum absolute atomic E-state index is 7.01. The molecule has 0 aromatic heterocycles. The van der Waals surface area contributed by atoms with E-state index in [4.69, 9.17) is 11.1 Å². The summed E-state index contributed by atoms with van der Waals surface area (Å²) in [5.41, 5.74) is 6.28. The maximum atomic E-state index is 7.01. The molecule has 104 valence electrons. The summed E-state index contributed by atoms with van der Waals surface area (Å²) in [6.45, 7) is 5.45. The minimum absolute atomic E-state index is 0.0225. The van der Waals surface area contributed by atoms with Crippen LogP contribution >= 0.6 is 21.6 Å². The van der Waals surface area contributed by atoms with Crippen molar-refractivity contribution in [2.45, 2.75) is 37.4 Å². The molecule has 4 nitrogen and oxygen atoms in total. The van der Waals surface area contributed by atoms with Gasteiger partial charge >= 0.3 is 0 Å². The van der Waals surface area contributed by atoms with Crippen molar-refractivity contribution >= 4 is 27.5 Å². The summed E-state index contributed by atoms with van der Waals surface area (Å²) in [5, 5.41) is 13.9. The standard InChI is InChI=1S/C12H24N4S2/c1-10(15-7-8-16-12(13)14)4-2-3-5-11-6-9-17-18-11/h11,15H,1-9H2,(H4,13,14,16). The molecule has 0 aliphatic carbocycles. The highest BCUT2D eigenvalue weighted by Crippen LogP contribution is 2.39. The van der Waals surface area contributed by atoms with Gasteiger partial charge in [0, 0.05) is 29.8 Å². The van der Waals surface area contributed by atoms with E-state index in [1.165, 1.54) is 31.4 Å². The molecule has 0 saturated carbocycles. The maximum Gasteiger partial charge on any atom is 0.185 e. The number of hydrogen-bond donors (Lipinski definition) is 4. The van der Waals surface area contributed by atoms with Gasteiger partial charge in [0.25, 0.3) is 0 Å². The highest BCUT2D eigenvalue weighted by Gasteiger charge is 2.15. The van der Waals surface area contributed by atoms with Gasteiger partial charge in [-0.2, -0.15) is 0 Å². The minimum atomic E-state index is 0.0225. The van der Waals surface area contributed by atoms with Crippen molar-refractivity contribution in [2.75, 3.05) is 18.8 Å². The van der Waals surface area contributed by atoms with E-state index in [0.29, 0.717) is 6.54 Å². The Morgan fingerprint density at radius 1 is 1.33 bits per heavy atom. The number of nitrogens with two attached hydrogens (primary N) is 1. The molecule has 0 amide bonds. The van der Waals surface area contributed by atoms with Crippen LogP contribution in [0.2, 0.25) is 0 Å². The third-order valence-electron chi connectivity index (χ3n) is 2.80. The summed E-state index contributed by atoms with van der Waals surface area (Å²) in [6, 6.07) is 0. The predicted molar refractivity (Wildman–Crippen MR) is 84.0 cm³/mol. The molecule has 0 spiro atoms. The molecule has 1 aliphatic heterocycles. The molecule has 1 fully saturated rings. The lowest BCUT2D eigenvalue weighted by Crippen LogP contribution is -2.35. The molecule has 1 saturated heterocycles. The van der Waals surface area contributed by atoms with E-state index < -0.39 is 0 Å². The summed E-state index contributed by atoms with van der Waals surface area (Å²) in [4.78, 5) is 0. The van der Waals surface area contributed by atoms with Crippen molar-refractivity contribution in [3.8, 4) is 0 Å². The SMILES string of the molecule is C=C(CCCCC1CCSS1)NCCNC(=N)N. The molecule has 5 N–H and O–H groups in total. The third kappa shape index (κ3) is 7.76. The quantitative estimate of drug-likeness (QED) is 0.227. The van der Waals surface area contributed by atoms with Crippen molar-refractivity contribution in [2.24, 2.45) is 5.73 Å². The fourth-order valence-corrected chi connectivity index (χ4v) is 4.83. The van der Waals surface area contributed by atoms with Crippen molar-refractivity contribution < 1.29 is 0 Å². The molecular weight excluding hydrogens is 264 g/mol. The fraction of sp³-hybridized carbons (Fsp3) is 0.750. The number of nitrogens with one attached hydrogen (secondary N) is 3. The Labute approximate surface area is 118 Å². The summed E-state index contributed by atoms with van der Waals surface area (Å²) in [5.74, 6) is 1.35. The highest BCUT2D eigenvalue weighted by molar-refractivity contribution is 8.77. The van der Waals surface area contributed by atoms with E-state index in [-0.39, 0.29) is 5.96 Å². The van der Waals surface area contributed by atoms with Crippen molar-refractivity contribution in [1.82, 2.24) is 10.6 Å². The van der Waals surface area contributed by atoms with E-state index in [1.54, 1.807) is 0 Å². The van der Waals surface area contributed by atoms with E-state index in [2.05, 4.69) is 28.0 Å². The molecule has 18 heavy (non-hydrogen) atoms. The largest absolute Gasteiger partial charge is 0.387 e. The first-order chi connectivity index (χ1) is 8.68. The first-order valence-corrected chi connectivity index (χ1v) is 8.84. The number of unbranched alkanes of at least 4 members (excludes halogenated alkanes) is 1. The van der Waals surface area contributed by atoms with Crippen LogP contribution in [0, 0.1) is 5.41 Å². The van der Waals surface area contributed by atoms with Crippen LogP contribution in [0.4, 0.5) is 0 Å². The van der Waals surface area contributed by atoms with Crippen LogP contribution in [-0.2, 0) is 0 Å². The van der Waals surface area contributed by atoms with Gasteiger partial charge in [0.2, 0.25) is 0 Å². The third-order valence-corrected chi connectivity index (χ3v) is 5.80. The van der Waals surface area contributed by atoms with Gasteiger partial charge in [0.15, 0.2) is 5.96 Å². The van der Waals surface area contributed by atoms with Crippen molar-refractivity contribution in [3.63, 3.8) is 0 Å². The normalized spacial score (nSPS) is 18.6. The Hall–Kier alpha value is -0.490. The lowest BCUT2D eigenvalue weighted by molar-refractivity contribution is 0.625. The summed E-state index contributed by atoms with van der Waals surface area (Å²) in [7, 11) is 4.07. The smallest absolute Gasteiger partial charge is 0.185 e. The molecule has 0 radical (unpaired) electrons. The highest BCUT2D eigenvalue weighted by atomic mass is 33.1. The van der Waals surface area contributed by atoms with E-state index >= 15 is 0 Å². The Morgan fingerprint density at radius 3 is 2.78 bits per heavy atom. The van der Waals surface area contributed by atoms with Gasteiger partial charge in [-0.25, -0.2) is 0 Å². The Morgan fingerprint density at radius 2 is 2.11 bits per heavy atom. The van der Waals surface area contributed by atoms with Crippen molar-refractivity contribution in [1.29, 1.82) is 5.41 Å². The number of hydrogen-bond acceptors (Lipinski definition) is 4. The second kappa shape index (κ2) is 9.44. The predicted octanol–water partition coefficient (Wildman–Crippen LogP) is 2.29. The zero-order valence-electron chi connectivity index (χ0n) is 10.8. The van der Waals surface area contributed by atoms with Gasteiger partial charge in [-0.15, -0.1) is 0 Å². The van der Waals surface area contributed by atoms with Gasteiger partial charge in [-0.1, -0.05) is 34.6 Å². The average molecular weight is 288 g/mol. The second-order valence-corrected chi connectivity index (χ2v) is 7.23. The zero-order chi connectivity index (χ0) is 13.2. The monoisotopic (exact) mass is 288 g/mol. The zero-order valence-corrected chi connectivity index (χ0v) is 12.5. The fourth-order valence-electron chi connectivity index (χ4n) is 1.80.